The number of guanidine groups is 1. The highest BCUT2D eigenvalue weighted by Crippen LogP contribution is 2.40. The molecular weight excluding hydrogens is 465 g/mol. The van der Waals surface area contributed by atoms with E-state index in [-0.39, 0.29) is 24.0 Å². The van der Waals surface area contributed by atoms with Crippen molar-refractivity contribution < 1.29 is 9.47 Å². The maximum Gasteiger partial charge on any atom is 0.191 e. The molecule has 1 aromatic carbocycles. The Morgan fingerprint density at radius 2 is 1.93 bits per heavy atom. The van der Waals surface area contributed by atoms with Crippen molar-refractivity contribution in [1.82, 2.24) is 10.6 Å². The van der Waals surface area contributed by atoms with Gasteiger partial charge in [-0.15, -0.1) is 30.4 Å². The Morgan fingerprint density at radius 1 is 1.21 bits per heavy atom. The number of hydrogen-bond acceptors (Lipinski definition) is 3. The van der Waals surface area contributed by atoms with Crippen LogP contribution in [0.5, 0.6) is 5.75 Å². The van der Waals surface area contributed by atoms with Gasteiger partial charge in [-0.1, -0.05) is 30.9 Å². The van der Waals surface area contributed by atoms with Crippen molar-refractivity contribution in [2.75, 3.05) is 40.5 Å². The molecule has 2 rings (SSSR count). The van der Waals surface area contributed by atoms with E-state index in [9.17, 15) is 0 Å². The first-order chi connectivity index (χ1) is 13.2. The van der Waals surface area contributed by atoms with Crippen molar-refractivity contribution in [3.05, 3.63) is 29.8 Å². The third kappa shape index (κ3) is 8.27. The number of nitrogens with zero attached hydrogens (tertiary/aromatic N) is 1. The SMILES string of the molecule is C#CCOc1ccc(CCNC(=NC)NCC2(CCOC)CCCC2)cc1.I. The number of methoxy groups -OCH3 is 1. The first kappa shape index (κ1) is 24.6. The van der Waals surface area contributed by atoms with Crippen LogP contribution in [0, 0.1) is 17.8 Å². The van der Waals surface area contributed by atoms with Crippen molar-refractivity contribution in [2.45, 2.75) is 38.5 Å². The second kappa shape index (κ2) is 13.7. The van der Waals surface area contributed by atoms with E-state index in [1.807, 2.05) is 19.2 Å². The summed E-state index contributed by atoms with van der Waals surface area (Å²) >= 11 is 0. The summed E-state index contributed by atoms with van der Waals surface area (Å²) in [5.41, 5.74) is 1.60. The fraction of sp³-hybridized carbons (Fsp3) is 0.591. The summed E-state index contributed by atoms with van der Waals surface area (Å²) in [7, 11) is 3.60. The molecule has 1 saturated carbocycles. The minimum Gasteiger partial charge on any atom is -0.481 e. The molecule has 0 bridgehead atoms. The number of halogens is 1. The second-order valence-corrected chi connectivity index (χ2v) is 7.19. The van der Waals surface area contributed by atoms with Gasteiger partial charge in [-0.25, -0.2) is 0 Å². The predicted molar refractivity (Wildman–Crippen MR) is 127 cm³/mol. The molecule has 0 unspecified atom stereocenters. The molecule has 6 heteroatoms. The summed E-state index contributed by atoms with van der Waals surface area (Å²) in [5.74, 6) is 4.14. The van der Waals surface area contributed by atoms with Gasteiger partial charge in [-0.2, -0.15) is 0 Å². The van der Waals surface area contributed by atoms with Crippen molar-refractivity contribution in [3.8, 4) is 18.1 Å². The number of hydrogen-bond donors (Lipinski definition) is 2. The van der Waals surface area contributed by atoms with Crippen molar-refractivity contribution >= 4 is 29.9 Å². The van der Waals surface area contributed by atoms with Crippen LogP contribution in [-0.2, 0) is 11.2 Å². The Balaban J connectivity index is 0.00000392. The normalized spacial score (nSPS) is 15.4. The van der Waals surface area contributed by atoms with Gasteiger partial charge in [0.2, 0.25) is 0 Å². The van der Waals surface area contributed by atoms with E-state index >= 15 is 0 Å². The van der Waals surface area contributed by atoms with E-state index < -0.39 is 0 Å². The quantitative estimate of drug-likeness (QED) is 0.224. The van der Waals surface area contributed by atoms with E-state index in [0.717, 1.165) is 44.2 Å². The number of rotatable bonds is 10. The number of benzene rings is 1. The van der Waals surface area contributed by atoms with Gasteiger partial charge in [0.1, 0.15) is 12.4 Å². The van der Waals surface area contributed by atoms with Crippen LogP contribution in [0.15, 0.2) is 29.3 Å². The van der Waals surface area contributed by atoms with Gasteiger partial charge in [-0.05, 0) is 48.8 Å². The largest absolute Gasteiger partial charge is 0.481 e. The Labute approximate surface area is 187 Å². The highest BCUT2D eigenvalue weighted by Gasteiger charge is 2.33. The Kier molecular flexibility index (Phi) is 12.0. The van der Waals surface area contributed by atoms with Gasteiger partial charge >= 0.3 is 0 Å². The smallest absolute Gasteiger partial charge is 0.191 e. The first-order valence-electron chi connectivity index (χ1n) is 9.80. The monoisotopic (exact) mass is 499 g/mol. The molecule has 0 amide bonds. The number of terminal acetylenes is 1. The molecule has 1 aromatic rings. The van der Waals surface area contributed by atoms with E-state index in [2.05, 4.69) is 33.7 Å². The zero-order chi connectivity index (χ0) is 19.4. The summed E-state index contributed by atoms with van der Waals surface area (Å²) in [6.07, 6.45) is 12.4. The lowest BCUT2D eigenvalue weighted by Gasteiger charge is -2.30. The molecule has 0 saturated heterocycles. The number of aliphatic imine (C=N–C) groups is 1. The number of nitrogens with one attached hydrogen (secondary N) is 2. The topological polar surface area (TPSA) is 54.9 Å². The van der Waals surface area contributed by atoms with Crippen LogP contribution in [-0.4, -0.2) is 46.4 Å². The van der Waals surface area contributed by atoms with Crippen molar-refractivity contribution in [1.29, 1.82) is 0 Å². The van der Waals surface area contributed by atoms with Gasteiger partial charge < -0.3 is 20.1 Å². The van der Waals surface area contributed by atoms with Crippen molar-refractivity contribution in [2.24, 2.45) is 10.4 Å². The zero-order valence-corrected chi connectivity index (χ0v) is 19.5. The average Bonchev–Trinajstić information content (AvgIpc) is 3.17. The van der Waals surface area contributed by atoms with E-state index in [4.69, 9.17) is 15.9 Å². The molecule has 156 valence electrons. The lowest BCUT2D eigenvalue weighted by atomic mass is 9.83. The van der Waals surface area contributed by atoms with Crippen LogP contribution in [0.4, 0.5) is 0 Å². The number of ether oxygens (including phenoxy) is 2. The highest BCUT2D eigenvalue weighted by molar-refractivity contribution is 14.0. The lowest BCUT2D eigenvalue weighted by Crippen LogP contribution is -2.43. The fourth-order valence-electron chi connectivity index (χ4n) is 3.65. The van der Waals surface area contributed by atoms with E-state index in [0.29, 0.717) is 12.0 Å². The van der Waals surface area contributed by atoms with Crippen LogP contribution in [0.2, 0.25) is 0 Å². The molecule has 28 heavy (non-hydrogen) atoms. The molecular formula is C22H34IN3O2. The summed E-state index contributed by atoms with van der Waals surface area (Å²) in [5, 5.41) is 6.94. The summed E-state index contributed by atoms with van der Waals surface area (Å²) in [6, 6.07) is 8.06. The van der Waals surface area contributed by atoms with Crippen molar-refractivity contribution in [3.63, 3.8) is 0 Å². The molecule has 1 aliphatic carbocycles. The molecule has 0 heterocycles. The van der Waals surface area contributed by atoms with Gasteiger partial charge in [0.25, 0.3) is 0 Å². The maximum absolute atomic E-state index is 5.40. The molecule has 5 nitrogen and oxygen atoms in total. The lowest BCUT2D eigenvalue weighted by molar-refractivity contribution is 0.138. The molecule has 0 aliphatic heterocycles. The van der Waals surface area contributed by atoms with Crippen LogP contribution < -0.4 is 15.4 Å². The van der Waals surface area contributed by atoms with Crippen LogP contribution in [0.25, 0.3) is 0 Å². The third-order valence-electron chi connectivity index (χ3n) is 5.31. The zero-order valence-electron chi connectivity index (χ0n) is 17.1. The Bertz CT molecular complexity index is 620. The van der Waals surface area contributed by atoms with Gasteiger partial charge in [0.15, 0.2) is 5.96 Å². The summed E-state index contributed by atoms with van der Waals surface area (Å²) in [4.78, 5) is 4.36. The molecule has 0 atom stereocenters. The summed E-state index contributed by atoms with van der Waals surface area (Å²) in [6.45, 7) is 2.91. The Hall–Kier alpha value is -1.46. The van der Waals surface area contributed by atoms with E-state index in [1.165, 1.54) is 31.2 Å². The Morgan fingerprint density at radius 3 is 2.54 bits per heavy atom. The summed E-state index contributed by atoms with van der Waals surface area (Å²) < 4.78 is 10.7. The standard InChI is InChI=1S/C22H33N3O2.HI/c1-4-16-27-20-9-7-19(8-10-20)11-15-24-21(23-2)25-18-22(14-17-26-3)12-5-6-13-22;/h1,7-10H,5-6,11-18H2,2-3H3,(H2,23,24,25);1H. The first-order valence-corrected chi connectivity index (χ1v) is 9.80. The second-order valence-electron chi connectivity index (χ2n) is 7.19. The van der Waals surface area contributed by atoms with E-state index in [1.54, 1.807) is 7.11 Å². The van der Waals surface area contributed by atoms with Gasteiger partial charge in [0, 0.05) is 33.9 Å². The third-order valence-corrected chi connectivity index (χ3v) is 5.31. The molecule has 2 N–H and O–H groups in total. The molecule has 1 fully saturated rings. The van der Waals surface area contributed by atoms with Crippen LogP contribution >= 0.6 is 24.0 Å². The van der Waals surface area contributed by atoms with Crippen LogP contribution in [0.3, 0.4) is 0 Å². The molecule has 0 radical (unpaired) electrons. The fourth-order valence-corrected chi connectivity index (χ4v) is 3.65. The highest BCUT2D eigenvalue weighted by atomic mass is 127. The van der Waals surface area contributed by atoms with Gasteiger partial charge in [-0.3, -0.25) is 4.99 Å². The average molecular weight is 499 g/mol. The maximum atomic E-state index is 5.40. The minimum atomic E-state index is 0. The molecule has 0 aromatic heterocycles. The molecule has 1 aliphatic rings. The van der Waals surface area contributed by atoms with Crippen LogP contribution in [0.1, 0.15) is 37.7 Å². The minimum absolute atomic E-state index is 0. The molecule has 0 spiro atoms. The van der Waals surface area contributed by atoms with Gasteiger partial charge in [0.05, 0.1) is 0 Å². The predicted octanol–water partition coefficient (Wildman–Crippen LogP) is 3.62.